The number of anilines is 1. The molecule has 3 rings (SSSR count). The molecule has 4 nitrogen and oxygen atoms in total. The zero-order valence-corrected chi connectivity index (χ0v) is 10.6. The van der Waals surface area contributed by atoms with Crippen molar-refractivity contribution in [1.29, 1.82) is 0 Å². The van der Waals surface area contributed by atoms with Crippen molar-refractivity contribution < 1.29 is 9.90 Å². The van der Waals surface area contributed by atoms with Crippen molar-refractivity contribution >= 4 is 33.0 Å². The topological polar surface area (TPSA) is 62.2 Å². The number of hydrogen-bond acceptors (Lipinski definition) is 4. The van der Waals surface area contributed by atoms with Gasteiger partial charge in [0.25, 0.3) is 5.91 Å². The number of nitrogens with zero attached hydrogens (tertiary/aromatic N) is 1. The van der Waals surface area contributed by atoms with Gasteiger partial charge in [-0.25, -0.2) is 4.98 Å². The minimum Gasteiger partial charge on any atom is -0.505 e. The van der Waals surface area contributed by atoms with E-state index in [0.29, 0.717) is 5.69 Å². The lowest BCUT2D eigenvalue weighted by atomic mass is 10.2. The van der Waals surface area contributed by atoms with E-state index >= 15 is 0 Å². The summed E-state index contributed by atoms with van der Waals surface area (Å²) in [7, 11) is 0. The molecule has 0 bridgehead atoms. The Labute approximate surface area is 113 Å². The van der Waals surface area contributed by atoms with Crippen LogP contribution in [0.15, 0.2) is 48.0 Å². The normalized spacial score (nSPS) is 10.5. The summed E-state index contributed by atoms with van der Waals surface area (Å²) in [6.45, 7) is 0. The van der Waals surface area contributed by atoms with Gasteiger partial charge >= 0.3 is 0 Å². The number of benzene rings is 1. The van der Waals surface area contributed by atoms with Crippen molar-refractivity contribution in [3.05, 3.63) is 53.7 Å². The number of rotatable bonds is 2. The molecule has 0 saturated heterocycles. The number of amides is 1. The fourth-order valence-corrected chi connectivity index (χ4v) is 2.58. The van der Waals surface area contributed by atoms with Gasteiger partial charge in [-0.2, -0.15) is 0 Å². The number of nitrogens with one attached hydrogen (secondary N) is 1. The van der Waals surface area contributed by atoms with Gasteiger partial charge in [0.2, 0.25) is 0 Å². The Balaban J connectivity index is 1.88. The highest BCUT2D eigenvalue weighted by Crippen LogP contribution is 2.24. The molecule has 0 saturated carbocycles. The maximum atomic E-state index is 12.0. The highest BCUT2D eigenvalue weighted by molar-refractivity contribution is 7.17. The van der Waals surface area contributed by atoms with E-state index < -0.39 is 5.91 Å². The summed E-state index contributed by atoms with van der Waals surface area (Å²) in [4.78, 5) is 15.8. The maximum absolute atomic E-state index is 12.0. The molecule has 1 aromatic carbocycles. The number of fused-ring (bicyclic) bond motifs is 1. The molecule has 0 atom stereocenters. The minimum atomic E-state index is -0.423. The number of aromatic nitrogens is 1. The van der Waals surface area contributed by atoms with E-state index in [9.17, 15) is 9.90 Å². The Morgan fingerprint density at radius 1 is 1.26 bits per heavy atom. The number of hydrogen-bond donors (Lipinski definition) is 2. The second-order valence-corrected chi connectivity index (χ2v) is 4.95. The van der Waals surface area contributed by atoms with Gasteiger partial charge in [-0.3, -0.25) is 4.79 Å². The summed E-state index contributed by atoms with van der Waals surface area (Å²) in [5.41, 5.74) is 0.703. The van der Waals surface area contributed by atoms with Crippen LogP contribution in [-0.4, -0.2) is 16.0 Å². The van der Waals surface area contributed by atoms with E-state index in [1.165, 1.54) is 17.0 Å². The van der Waals surface area contributed by atoms with Crippen LogP contribution in [0.4, 0.5) is 5.69 Å². The van der Waals surface area contributed by atoms with Crippen LogP contribution in [0.3, 0.4) is 0 Å². The zero-order chi connectivity index (χ0) is 13.2. The third-order valence-corrected chi connectivity index (χ3v) is 3.61. The Kier molecular flexibility index (Phi) is 2.89. The molecule has 0 aliphatic rings. The summed E-state index contributed by atoms with van der Waals surface area (Å²) in [5, 5.41) is 15.4. The number of carbonyl (C=O) groups excluding carboxylic acids is 1. The number of pyridine rings is 1. The maximum Gasteiger partial charge on any atom is 0.278 e. The number of aromatic hydroxyl groups is 1. The van der Waals surface area contributed by atoms with Crippen molar-refractivity contribution in [2.45, 2.75) is 0 Å². The van der Waals surface area contributed by atoms with Crippen molar-refractivity contribution in [1.82, 2.24) is 4.98 Å². The second-order valence-electron chi connectivity index (χ2n) is 4.00. The lowest BCUT2D eigenvalue weighted by molar-refractivity contribution is 0.101. The van der Waals surface area contributed by atoms with Gasteiger partial charge in [0.15, 0.2) is 5.69 Å². The molecular formula is C14H10N2O2S. The van der Waals surface area contributed by atoms with Gasteiger partial charge in [-0.1, -0.05) is 0 Å². The van der Waals surface area contributed by atoms with E-state index in [2.05, 4.69) is 10.3 Å². The Bertz CT molecular complexity index is 752. The predicted molar refractivity (Wildman–Crippen MR) is 75.7 cm³/mol. The summed E-state index contributed by atoms with van der Waals surface area (Å²) in [5.74, 6) is -0.552. The van der Waals surface area contributed by atoms with Crippen LogP contribution < -0.4 is 5.32 Å². The highest BCUT2D eigenvalue weighted by Gasteiger charge is 2.12. The van der Waals surface area contributed by atoms with Crippen LogP contribution in [0.25, 0.3) is 10.1 Å². The lowest BCUT2D eigenvalue weighted by Gasteiger charge is -2.05. The van der Waals surface area contributed by atoms with Crippen molar-refractivity contribution in [3.8, 4) is 5.75 Å². The minimum absolute atomic E-state index is 0.0212. The predicted octanol–water partition coefficient (Wildman–Crippen LogP) is 3.25. The van der Waals surface area contributed by atoms with E-state index in [1.54, 1.807) is 17.4 Å². The van der Waals surface area contributed by atoms with Gasteiger partial charge in [-0.15, -0.1) is 11.3 Å². The molecule has 2 aromatic heterocycles. The Morgan fingerprint density at radius 3 is 3.00 bits per heavy atom. The molecule has 0 radical (unpaired) electrons. The van der Waals surface area contributed by atoms with E-state index in [0.717, 1.165) is 5.39 Å². The third kappa shape index (κ3) is 2.28. The van der Waals surface area contributed by atoms with Gasteiger partial charge in [0, 0.05) is 16.6 Å². The molecule has 3 aromatic rings. The molecule has 0 unspecified atom stereocenters. The highest BCUT2D eigenvalue weighted by atomic mass is 32.1. The molecule has 0 spiro atoms. The smallest absolute Gasteiger partial charge is 0.278 e. The summed E-state index contributed by atoms with van der Waals surface area (Å²) in [6, 6.07) is 10.7. The van der Waals surface area contributed by atoms with Crippen LogP contribution in [0, 0.1) is 0 Å². The zero-order valence-electron chi connectivity index (χ0n) is 9.83. The molecule has 0 aliphatic carbocycles. The van der Waals surface area contributed by atoms with Crippen molar-refractivity contribution in [3.63, 3.8) is 0 Å². The fourth-order valence-electron chi connectivity index (χ4n) is 1.81. The van der Waals surface area contributed by atoms with Gasteiger partial charge in [-0.05, 0) is 47.2 Å². The second kappa shape index (κ2) is 4.70. The van der Waals surface area contributed by atoms with Crippen LogP contribution >= 0.6 is 11.3 Å². The van der Waals surface area contributed by atoms with E-state index in [-0.39, 0.29) is 11.4 Å². The molecule has 1 amide bonds. The standard InChI is InChI=1S/C14H10N2O2S/c17-11-2-1-6-15-13(11)14(18)16-10-3-4-12-9(8-10)5-7-19-12/h1-8,17H,(H,16,18). The average molecular weight is 270 g/mol. The van der Waals surface area contributed by atoms with Crippen LogP contribution in [0.2, 0.25) is 0 Å². The quantitative estimate of drug-likeness (QED) is 0.751. The van der Waals surface area contributed by atoms with Crippen molar-refractivity contribution in [2.24, 2.45) is 0 Å². The van der Waals surface area contributed by atoms with E-state index in [4.69, 9.17) is 0 Å². The summed E-state index contributed by atoms with van der Waals surface area (Å²) < 4.78 is 1.17. The SMILES string of the molecule is O=C(Nc1ccc2sccc2c1)c1ncccc1O. The Hall–Kier alpha value is -2.40. The first kappa shape index (κ1) is 11.7. The molecule has 94 valence electrons. The first-order valence-electron chi connectivity index (χ1n) is 5.66. The molecule has 2 heterocycles. The largest absolute Gasteiger partial charge is 0.505 e. The van der Waals surface area contributed by atoms with Crippen LogP contribution in [0.1, 0.15) is 10.5 Å². The lowest BCUT2D eigenvalue weighted by Crippen LogP contribution is -2.13. The molecular weight excluding hydrogens is 260 g/mol. The third-order valence-electron chi connectivity index (χ3n) is 2.71. The molecule has 0 fully saturated rings. The van der Waals surface area contributed by atoms with Gasteiger partial charge in [0.1, 0.15) is 5.75 Å². The number of thiophene rings is 1. The number of carbonyl (C=O) groups is 1. The van der Waals surface area contributed by atoms with Crippen LogP contribution in [0.5, 0.6) is 5.75 Å². The monoisotopic (exact) mass is 270 g/mol. The summed E-state index contributed by atoms with van der Waals surface area (Å²) in [6.07, 6.45) is 1.47. The van der Waals surface area contributed by atoms with Crippen molar-refractivity contribution in [2.75, 3.05) is 5.32 Å². The molecule has 19 heavy (non-hydrogen) atoms. The first-order chi connectivity index (χ1) is 9.24. The summed E-state index contributed by atoms with van der Waals surface area (Å²) >= 11 is 1.65. The Morgan fingerprint density at radius 2 is 2.16 bits per heavy atom. The first-order valence-corrected chi connectivity index (χ1v) is 6.54. The van der Waals surface area contributed by atoms with Gasteiger partial charge in [0.05, 0.1) is 0 Å². The van der Waals surface area contributed by atoms with Crippen LogP contribution in [-0.2, 0) is 0 Å². The molecule has 5 heteroatoms. The van der Waals surface area contributed by atoms with E-state index in [1.807, 2.05) is 29.6 Å². The van der Waals surface area contributed by atoms with Gasteiger partial charge < -0.3 is 10.4 Å². The molecule has 2 N–H and O–H groups in total. The average Bonchev–Trinajstić information content (AvgIpc) is 2.86. The fraction of sp³-hybridized carbons (Fsp3) is 0. The molecule has 0 aliphatic heterocycles.